The normalized spacial score (nSPS) is 22.1. The molecule has 0 saturated heterocycles. The lowest BCUT2D eigenvalue weighted by molar-refractivity contribution is 0.114. The molecule has 3 N–H and O–H groups in total. The molecule has 3 unspecified atom stereocenters. The maximum absolute atomic E-state index is 12.8. The van der Waals surface area contributed by atoms with Gasteiger partial charge in [0.2, 0.25) is 0 Å². The SMILES string of the molecule is CCNC(=NCC(O)COc1ccc(F)cc1)NC1CC1C. The quantitative estimate of drug-likeness (QED) is 0.528. The van der Waals surface area contributed by atoms with Crippen LogP contribution in [0.2, 0.25) is 0 Å². The summed E-state index contributed by atoms with van der Waals surface area (Å²) in [4.78, 5) is 4.36. The molecule has 1 aliphatic rings. The molecular weight excluding hydrogens is 285 g/mol. The first-order valence-corrected chi connectivity index (χ1v) is 7.69. The fourth-order valence-corrected chi connectivity index (χ4v) is 1.99. The predicted molar refractivity (Wildman–Crippen MR) is 84.6 cm³/mol. The van der Waals surface area contributed by atoms with Gasteiger partial charge in [0.1, 0.15) is 24.3 Å². The van der Waals surface area contributed by atoms with Crippen molar-refractivity contribution in [2.24, 2.45) is 10.9 Å². The molecule has 0 spiro atoms. The van der Waals surface area contributed by atoms with Gasteiger partial charge >= 0.3 is 0 Å². The summed E-state index contributed by atoms with van der Waals surface area (Å²) in [6, 6.07) is 6.19. The van der Waals surface area contributed by atoms with Crippen LogP contribution in [0.1, 0.15) is 20.3 Å². The lowest BCUT2D eigenvalue weighted by Crippen LogP contribution is -2.40. The molecule has 1 fully saturated rings. The van der Waals surface area contributed by atoms with Crippen molar-refractivity contribution in [1.29, 1.82) is 0 Å². The summed E-state index contributed by atoms with van der Waals surface area (Å²) < 4.78 is 18.2. The number of rotatable bonds is 7. The van der Waals surface area contributed by atoms with Crippen LogP contribution in [0.5, 0.6) is 5.75 Å². The number of halogens is 1. The summed E-state index contributed by atoms with van der Waals surface area (Å²) in [5.74, 6) is 1.61. The van der Waals surface area contributed by atoms with Crippen molar-refractivity contribution in [2.45, 2.75) is 32.4 Å². The summed E-state index contributed by atoms with van der Waals surface area (Å²) in [6.45, 7) is 5.33. The number of guanidine groups is 1. The molecule has 1 aromatic rings. The molecule has 2 rings (SSSR count). The van der Waals surface area contributed by atoms with Gasteiger partial charge in [0.15, 0.2) is 5.96 Å². The Morgan fingerprint density at radius 2 is 2.14 bits per heavy atom. The fraction of sp³-hybridized carbons (Fsp3) is 0.562. The van der Waals surface area contributed by atoms with Crippen LogP contribution >= 0.6 is 0 Å². The monoisotopic (exact) mass is 309 g/mol. The van der Waals surface area contributed by atoms with E-state index in [9.17, 15) is 9.50 Å². The van der Waals surface area contributed by atoms with E-state index in [1.54, 1.807) is 0 Å². The number of aliphatic hydroxyl groups is 1. The van der Waals surface area contributed by atoms with Crippen molar-refractivity contribution in [3.05, 3.63) is 30.1 Å². The van der Waals surface area contributed by atoms with Crippen molar-refractivity contribution in [2.75, 3.05) is 19.7 Å². The predicted octanol–water partition coefficient (Wildman–Crippen LogP) is 1.53. The molecule has 1 aliphatic carbocycles. The summed E-state index contributed by atoms with van der Waals surface area (Å²) in [7, 11) is 0. The molecule has 0 radical (unpaired) electrons. The first kappa shape index (κ1) is 16.5. The molecule has 0 bridgehead atoms. The number of aliphatic imine (C=N–C) groups is 1. The van der Waals surface area contributed by atoms with Gasteiger partial charge in [0.05, 0.1) is 6.54 Å². The van der Waals surface area contributed by atoms with E-state index in [1.165, 1.54) is 24.3 Å². The highest BCUT2D eigenvalue weighted by Gasteiger charge is 2.33. The van der Waals surface area contributed by atoms with E-state index in [1.807, 2.05) is 6.92 Å². The van der Waals surface area contributed by atoms with Crippen molar-refractivity contribution < 1.29 is 14.2 Å². The third-order valence-electron chi connectivity index (χ3n) is 3.49. The Morgan fingerprint density at radius 1 is 1.45 bits per heavy atom. The van der Waals surface area contributed by atoms with E-state index in [-0.39, 0.29) is 19.0 Å². The highest BCUT2D eigenvalue weighted by molar-refractivity contribution is 5.80. The standard InChI is InChI=1S/C16H24FN3O2/c1-3-18-16(20-15-8-11(15)2)19-9-13(21)10-22-14-6-4-12(17)5-7-14/h4-7,11,13,15,21H,3,8-10H2,1-2H3,(H2,18,19,20). The molecule has 6 heteroatoms. The highest BCUT2D eigenvalue weighted by atomic mass is 19.1. The van der Waals surface area contributed by atoms with Crippen LogP contribution in [0.4, 0.5) is 4.39 Å². The molecule has 0 aromatic heterocycles. The van der Waals surface area contributed by atoms with Gasteiger partial charge in [-0.2, -0.15) is 0 Å². The van der Waals surface area contributed by atoms with Crippen LogP contribution in [0, 0.1) is 11.7 Å². The van der Waals surface area contributed by atoms with Gasteiger partial charge in [0.25, 0.3) is 0 Å². The summed E-state index contributed by atoms with van der Waals surface area (Å²) >= 11 is 0. The van der Waals surface area contributed by atoms with Crippen molar-refractivity contribution in [3.63, 3.8) is 0 Å². The fourth-order valence-electron chi connectivity index (χ4n) is 1.99. The number of nitrogens with zero attached hydrogens (tertiary/aromatic N) is 1. The lowest BCUT2D eigenvalue weighted by Gasteiger charge is -2.13. The molecule has 22 heavy (non-hydrogen) atoms. The van der Waals surface area contributed by atoms with Gasteiger partial charge < -0.3 is 20.5 Å². The van der Waals surface area contributed by atoms with E-state index in [4.69, 9.17) is 4.74 Å². The molecule has 1 saturated carbocycles. The maximum atomic E-state index is 12.8. The summed E-state index contributed by atoms with van der Waals surface area (Å²) in [5.41, 5.74) is 0. The Balaban J connectivity index is 1.75. The molecule has 0 heterocycles. The van der Waals surface area contributed by atoms with E-state index in [0.29, 0.717) is 17.7 Å². The number of hydrogen-bond donors (Lipinski definition) is 3. The number of hydrogen-bond acceptors (Lipinski definition) is 3. The number of aliphatic hydroxyl groups excluding tert-OH is 1. The summed E-state index contributed by atoms with van der Waals surface area (Å²) in [5, 5.41) is 16.4. The minimum absolute atomic E-state index is 0.119. The Kier molecular flexibility index (Phi) is 6.00. The van der Waals surface area contributed by atoms with E-state index in [2.05, 4.69) is 22.5 Å². The lowest BCUT2D eigenvalue weighted by atomic mass is 10.3. The van der Waals surface area contributed by atoms with Gasteiger partial charge in [-0.25, -0.2) is 4.39 Å². The zero-order valence-corrected chi connectivity index (χ0v) is 13.1. The molecule has 0 amide bonds. The Bertz CT molecular complexity index is 493. The highest BCUT2D eigenvalue weighted by Crippen LogP contribution is 2.28. The number of benzene rings is 1. The van der Waals surface area contributed by atoms with Gasteiger partial charge in [0, 0.05) is 12.6 Å². The van der Waals surface area contributed by atoms with Crippen LogP contribution in [-0.4, -0.2) is 42.9 Å². The first-order chi connectivity index (χ1) is 10.6. The Morgan fingerprint density at radius 3 is 2.73 bits per heavy atom. The smallest absolute Gasteiger partial charge is 0.191 e. The zero-order chi connectivity index (χ0) is 15.9. The molecule has 0 aliphatic heterocycles. The van der Waals surface area contributed by atoms with Crippen molar-refractivity contribution >= 4 is 5.96 Å². The second kappa shape index (κ2) is 7.98. The van der Waals surface area contributed by atoms with Crippen LogP contribution in [0.25, 0.3) is 0 Å². The van der Waals surface area contributed by atoms with Crippen LogP contribution < -0.4 is 15.4 Å². The number of ether oxygens (including phenoxy) is 1. The van der Waals surface area contributed by atoms with Crippen molar-refractivity contribution in [1.82, 2.24) is 10.6 Å². The van der Waals surface area contributed by atoms with E-state index >= 15 is 0 Å². The molecular formula is C16H24FN3O2. The molecule has 5 nitrogen and oxygen atoms in total. The third-order valence-corrected chi connectivity index (χ3v) is 3.49. The largest absolute Gasteiger partial charge is 0.491 e. The average molecular weight is 309 g/mol. The zero-order valence-electron chi connectivity index (χ0n) is 13.1. The Labute approximate surface area is 130 Å². The second-order valence-electron chi connectivity index (χ2n) is 5.60. The second-order valence-corrected chi connectivity index (χ2v) is 5.60. The van der Waals surface area contributed by atoms with Gasteiger partial charge in [-0.3, -0.25) is 4.99 Å². The minimum atomic E-state index is -0.711. The number of nitrogens with one attached hydrogen (secondary N) is 2. The first-order valence-electron chi connectivity index (χ1n) is 7.69. The van der Waals surface area contributed by atoms with Crippen LogP contribution in [0.3, 0.4) is 0 Å². The van der Waals surface area contributed by atoms with Gasteiger partial charge in [-0.05, 0) is 43.5 Å². The maximum Gasteiger partial charge on any atom is 0.191 e. The summed E-state index contributed by atoms with van der Waals surface area (Å²) in [6.07, 6.45) is 0.442. The Hall–Kier alpha value is -1.82. The van der Waals surface area contributed by atoms with E-state index in [0.717, 1.165) is 18.9 Å². The molecule has 3 atom stereocenters. The van der Waals surface area contributed by atoms with Crippen LogP contribution in [-0.2, 0) is 0 Å². The third kappa shape index (κ3) is 5.52. The minimum Gasteiger partial charge on any atom is -0.491 e. The topological polar surface area (TPSA) is 65.9 Å². The average Bonchev–Trinajstić information content (AvgIpc) is 3.19. The molecule has 1 aromatic carbocycles. The van der Waals surface area contributed by atoms with Gasteiger partial charge in [-0.1, -0.05) is 6.92 Å². The van der Waals surface area contributed by atoms with E-state index < -0.39 is 6.10 Å². The van der Waals surface area contributed by atoms with Gasteiger partial charge in [-0.15, -0.1) is 0 Å². The van der Waals surface area contributed by atoms with Crippen LogP contribution in [0.15, 0.2) is 29.3 Å². The van der Waals surface area contributed by atoms with Crippen molar-refractivity contribution in [3.8, 4) is 5.75 Å². The molecule has 122 valence electrons.